The third kappa shape index (κ3) is 4.65. The molecule has 2 bridgehead atoms. The SMILES string of the molecule is C#Cc1c(F)ccc2cc(N)cc(-c3ccc4c(N5CC6C=CC(C5)N6)nc(OC[C@@]56CCCN5C[C@H](F)C6)nc4c3C(F)F)c12. The van der Waals surface area contributed by atoms with Crippen LogP contribution in [0, 0.1) is 18.2 Å². The molecule has 5 heterocycles. The molecule has 4 aromatic rings. The van der Waals surface area contributed by atoms with E-state index >= 15 is 8.78 Å². The Balaban J connectivity index is 1.32. The lowest BCUT2D eigenvalue weighted by Crippen LogP contribution is -2.52. The highest BCUT2D eigenvalue weighted by Crippen LogP contribution is 2.44. The van der Waals surface area contributed by atoms with Crippen molar-refractivity contribution in [3.63, 3.8) is 0 Å². The molecule has 7 nitrogen and oxygen atoms in total. The first kappa shape index (κ1) is 29.0. The van der Waals surface area contributed by atoms with Gasteiger partial charge in [-0.3, -0.25) is 4.90 Å². The number of nitrogen functional groups attached to an aromatic ring is 1. The molecule has 3 aromatic carbocycles. The first-order valence-corrected chi connectivity index (χ1v) is 15.6. The van der Waals surface area contributed by atoms with E-state index < -0.39 is 24.0 Å². The molecule has 0 radical (unpaired) electrons. The lowest BCUT2D eigenvalue weighted by atomic mass is 9.90. The van der Waals surface area contributed by atoms with Gasteiger partial charge in [-0.05, 0) is 60.2 Å². The first-order chi connectivity index (χ1) is 22.2. The maximum Gasteiger partial charge on any atom is 0.319 e. The number of halogens is 4. The smallest absolute Gasteiger partial charge is 0.319 e. The molecule has 4 aliphatic rings. The predicted molar refractivity (Wildman–Crippen MR) is 170 cm³/mol. The third-order valence-corrected chi connectivity index (χ3v) is 9.98. The number of nitrogens with zero attached hydrogens (tertiary/aromatic N) is 4. The number of terminal acetylenes is 1. The van der Waals surface area contributed by atoms with E-state index in [1.54, 1.807) is 18.2 Å². The zero-order chi connectivity index (χ0) is 31.7. The number of piperazine rings is 1. The Morgan fingerprint density at radius 3 is 2.65 bits per heavy atom. The van der Waals surface area contributed by atoms with Crippen LogP contribution in [0.3, 0.4) is 0 Å². The summed E-state index contributed by atoms with van der Waals surface area (Å²) in [5.74, 6) is 2.24. The van der Waals surface area contributed by atoms with Crippen LogP contribution in [0.4, 0.5) is 29.1 Å². The summed E-state index contributed by atoms with van der Waals surface area (Å²) >= 11 is 0. The number of alkyl halides is 3. The van der Waals surface area contributed by atoms with Crippen LogP contribution in [0.5, 0.6) is 6.01 Å². The highest BCUT2D eigenvalue weighted by Gasteiger charge is 2.49. The average molecular weight is 629 g/mol. The quantitative estimate of drug-likeness (QED) is 0.122. The Hall–Kier alpha value is -4.40. The molecular formula is C35H32F4N6O. The van der Waals surface area contributed by atoms with Crippen LogP contribution in [0.1, 0.15) is 36.8 Å². The normalized spacial score (nSPS) is 25.6. The minimum atomic E-state index is -2.97. The maximum atomic E-state index is 15.4. The van der Waals surface area contributed by atoms with Gasteiger partial charge in [-0.25, -0.2) is 17.6 Å². The van der Waals surface area contributed by atoms with Gasteiger partial charge in [-0.15, -0.1) is 6.42 Å². The number of hydrogen-bond acceptors (Lipinski definition) is 7. The fraction of sp³-hybridized carbons (Fsp3) is 0.371. The van der Waals surface area contributed by atoms with E-state index in [0.717, 1.165) is 19.4 Å². The van der Waals surface area contributed by atoms with E-state index in [1.165, 1.54) is 18.2 Å². The second kappa shape index (κ2) is 10.9. The fourth-order valence-corrected chi connectivity index (χ4v) is 8.01. The number of hydrogen-bond donors (Lipinski definition) is 2. The van der Waals surface area contributed by atoms with E-state index in [0.29, 0.717) is 53.7 Å². The lowest BCUT2D eigenvalue weighted by Gasteiger charge is -2.35. The van der Waals surface area contributed by atoms with Gasteiger partial charge in [0, 0.05) is 54.6 Å². The van der Waals surface area contributed by atoms with Gasteiger partial charge in [0.25, 0.3) is 6.43 Å². The Bertz CT molecular complexity index is 1950. The van der Waals surface area contributed by atoms with Gasteiger partial charge in [0.1, 0.15) is 24.4 Å². The molecule has 236 valence electrons. The van der Waals surface area contributed by atoms with Crippen LogP contribution >= 0.6 is 0 Å². The molecule has 1 aromatic heterocycles. The molecule has 3 saturated heterocycles. The van der Waals surface area contributed by atoms with Gasteiger partial charge >= 0.3 is 6.01 Å². The van der Waals surface area contributed by atoms with Gasteiger partial charge < -0.3 is 20.7 Å². The molecule has 0 amide bonds. The number of aromatic nitrogens is 2. The van der Waals surface area contributed by atoms with Crippen LogP contribution < -0.4 is 20.7 Å². The van der Waals surface area contributed by atoms with Gasteiger partial charge in [-0.1, -0.05) is 30.2 Å². The van der Waals surface area contributed by atoms with Crippen LogP contribution in [0.15, 0.2) is 48.6 Å². The second-order valence-corrected chi connectivity index (χ2v) is 12.8. The number of ether oxygens (including phenoxy) is 1. The van der Waals surface area contributed by atoms with Crippen LogP contribution in [0.25, 0.3) is 32.8 Å². The topological polar surface area (TPSA) is 79.5 Å². The van der Waals surface area contributed by atoms with Crippen molar-refractivity contribution in [3.05, 3.63) is 65.5 Å². The molecule has 8 rings (SSSR count). The minimum absolute atomic E-state index is 0.0242. The molecule has 11 heteroatoms. The lowest BCUT2D eigenvalue weighted by molar-refractivity contribution is 0.107. The Morgan fingerprint density at radius 2 is 1.89 bits per heavy atom. The summed E-state index contributed by atoms with van der Waals surface area (Å²) in [6, 6.07) is 9.38. The minimum Gasteiger partial charge on any atom is -0.461 e. The predicted octanol–water partition coefficient (Wildman–Crippen LogP) is 5.76. The third-order valence-electron chi connectivity index (χ3n) is 9.98. The standard InChI is InChI=1S/C35H32F4N6O/c1-2-24-28(37)9-4-19-12-21(40)13-27(29(19)24)25-7-8-26-31(30(25)32(38)39)42-34(43-33(26)44-16-22-5-6-23(17-44)41-22)46-18-35-10-3-11-45(35)15-20(36)14-35/h1,4-9,12-13,20,22-23,32,41H,3,10-11,14-18,40H2/t20-,22?,23?,35+/m1/s1. The molecule has 0 saturated carbocycles. The molecule has 46 heavy (non-hydrogen) atoms. The number of anilines is 2. The van der Waals surface area contributed by atoms with Crippen molar-refractivity contribution in [2.24, 2.45) is 0 Å². The largest absolute Gasteiger partial charge is 0.461 e. The van der Waals surface area contributed by atoms with Crippen LogP contribution in [-0.4, -0.2) is 71.4 Å². The molecule has 4 aliphatic heterocycles. The van der Waals surface area contributed by atoms with E-state index in [1.807, 2.05) is 0 Å². The van der Waals surface area contributed by atoms with Crippen molar-refractivity contribution in [2.75, 3.05) is 43.4 Å². The number of benzene rings is 3. The summed E-state index contributed by atoms with van der Waals surface area (Å²) in [6.07, 6.45) is 8.07. The van der Waals surface area contributed by atoms with Crippen molar-refractivity contribution in [1.82, 2.24) is 20.2 Å². The Kier molecular flexibility index (Phi) is 6.85. The molecule has 4 atom stereocenters. The molecule has 3 N–H and O–H groups in total. The second-order valence-electron chi connectivity index (χ2n) is 12.8. The number of nitrogens with one attached hydrogen (secondary N) is 1. The van der Waals surface area contributed by atoms with E-state index in [2.05, 4.69) is 38.2 Å². The van der Waals surface area contributed by atoms with Gasteiger partial charge in [0.2, 0.25) is 0 Å². The summed E-state index contributed by atoms with van der Waals surface area (Å²) in [4.78, 5) is 13.6. The highest BCUT2D eigenvalue weighted by atomic mass is 19.3. The number of fused-ring (bicyclic) bond motifs is 5. The highest BCUT2D eigenvalue weighted by molar-refractivity contribution is 6.06. The average Bonchev–Trinajstić information content (AvgIpc) is 3.68. The van der Waals surface area contributed by atoms with Crippen molar-refractivity contribution >= 4 is 33.2 Å². The Labute approximate surface area is 263 Å². The van der Waals surface area contributed by atoms with Crippen molar-refractivity contribution < 1.29 is 22.3 Å². The van der Waals surface area contributed by atoms with Gasteiger partial charge in [-0.2, -0.15) is 9.97 Å². The zero-order valence-corrected chi connectivity index (χ0v) is 24.9. The fourth-order valence-electron chi connectivity index (χ4n) is 8.01. The summed E-state index contributed by atoms with van der Waals surface area (Å²) in [5.41, 5.74) is 6.13. The molecule has 0 spiro atoms. The number of rotatable bonds is 6. The zero-order valence-electron chi connectivity index (χ0n) is 24.9. The van der Waals surface area contributed by atoms with Crippen molar-refractivity contribution in [3.8, 4) is 29.5 Å². The molecule has 3 fully saturated rings. The maximum absolute atomic E-state index is 15.4. The summed E-state index contributed by atoms with van der Waals surface area (Å²) in [7, 11) is 0. The Morgan fingerprint density at radius 1 is 1.09 bits per heavy atom. The number of nitrogens with two attached hydrogens (primary N) is 1. The first-order valence-electron chi connectivity index (χ1n) is 15.6. The van der Waals surface area contributed by atoms with E-state index in [-0.39, 0.29) is 52.5 Å². The van der Waals surface area contributed by atoms with Crippen molar-refractivity contribution in [1.29, 1.82) is 0 Å². The van der Waals surface area contributed by atoms with Crippen LogP contribution in [0.2, 0.25) is 0 Å². The summed E-state index contributed by atoms with van der Waals surface area (Å²) < 4.78 is 66.4. The molecule has 0 aliphatic carbocycles. The van der Waals surface area contributed by atoms with Gasteiger partial charge in [0.05, 0.1) is 22.2 Å². The van der Waals surface area contributed by atoms with E-state index in [9.17, 15) is 8.78 Å². The van der Waals surface area contributed by atoms with Crippen molar-refractivity contribution in [2.45, 2.75) is 49.5 Å². The van der Waals surface area contributed by atoms with Crippen LogP contribution in [-0.2, 0) is 0 Å². The summed E-state index contributed by atoms with van der Waals surface area (Å²) in [6.45, 7) is 2.46. The molecule has 2 unspecified atom stereocenters. The van der Waals surface area contributed by atoms with E-state index in [4.69, 9.17) is 21.9 Å². The monoisotopic (exact) mass is 628 g/mol. The molecular weight excluding hydrogens is 596 g/mol. The summed E-state index contributed by atoms with van der Waals surface area (Å²) in [5, 5.41) is 4.78. The van der Waals surface area contributed by atoms with Gasteiger partial charge in [0.15, 0.2) is 0 Å².